The van der Waals surface area contributed by atoms with Gasteiger partial charge >= 0.3 is 0 Å². The number of hydrogen-bond acceptors (Lipinski definition) is 4. The number of rotatable bonds is 7. The Bertz CT molecular complexity index is 949. The standard InChI is InChI=1S/C23H20O3S/c1-26-23-14-17(11-13-22(25)18-6-5-7-20(24)15-18)10-12-19(23)16-27-21-8-3-2-4-9-21/h2-15,24H,16H2,1H3/b13-11+. The lowest BCUT2D eigenvalue weighted by molar-refractivity contribution is 0.104. The van der Waals surface area contributed by atoms with Crippen molar-refractivity contribution in [2.45, 2.75) is 10.6 Å². The lowest BCUT2D eigenvalue weighted by atomic mass is 10.1. The minimum Gasteiger partial charge on any atom is -0.508 e. The first kappa shape index (κ1) is 18.8. The van der Waals surface area contributed by atoms with Crippen LogP contribution >= 0.6 is 11.8 Å². The van der Waals surface area contributed by atoms with Gasteiger partial charge in [0, 0.05) is 21.8 Å². The molecule has 136 valence electrons. The number of carbonyl (C=O) groups excluding carboxylic acids is 1. The fraction of sp³-hybridized carbons (Fsp3) is 0.0870. The molecule has 0 saturated carbocycles. The molecule has 0 spiro atoms. The summed E-state index contributed by atoms with van der Waals surface area (Å²) in [5, 5.41) is 9.48. The first-order valence-corrected chi connectivity index (χ1v) is 9.50. The van der Waals surface area contributed by atoms with Crippen molar-refractivity contribution in [3.05, 3.63) is 95.6 Å². The molecule has 0 aliphatic carbocycles. The highest BCUT2D eigenvalue weighted by Gasteiger charge is 2.06. The third kappa shape index (κ3) is 5.25. The maximum atomic E-state index is 12.2. The molecular formula is C23H20O3S. The number of allylic oxidation sites excluding steroid dienone is 1. The molecule has 0 saturated heterocycles. The quantitative estimate of drug-likeness (QED) is 0.332. The van der Waals surface area contributed by atoms with E-state index < -0.39 is 0 Å². The molecule has 0 aromatic heterocycles. The molecule has 3 aromatic carbocycles. The van der Waals surface area contributed by atoms with Crippen molar-refractivity contribution in [2.24, 2.45) is 0 Å². The second kappa shape index (κ2) is 9.10. The van der Waals surface area contributed by atoms with Gasteiger partial charge in [-0.1, -0.05) is 48.5 Å². The molecular weight excluding hydrogens is 356 g/mol. The molecule has 0 bridgehead atoms. The summed E-state index contributed by atoms with van der Waals surface area (Å²) >= 11 is 1.75. The lowest BCUT2D eigenvalue weighted by Gasteiger charge is -2.09. The fourth-order valence-corrected chi connectivity index (χ4v) is 3.50. The number of methoxy groups -OCH3 is 1. The van der Waals surface area contributed by atoms with Crippen molar-refractivity contribution in [2.75, 3.05) is 7.11 Å². The number of hydrogen-bond donors (Lipinski definition) is 1. The van der Waals surface area contributed by atoms with Crippen molar-refractivity contribution in [1.29, 1.82) is 0 Å². The summed E-state index contributed by atoms with van der Waals surface area (Å²) in [6.07, 6.45) is 3.25. The van der Waals surface area contributed by atoms with Gasteiger partial charge in [0.25, 0.3) is 0 Å². The number of thioether (sulfide) groups is 1. The van der Waals surface area contributed by atoms with Crippen molar-refractivity contribution in [1.82, 2.24) is 0 Å². The third-order valence-corrected chi connectivity index (χ3v) is 5.07. The van der Waals surface area contributed by atoms with E-state index in [1.807, 2.05) is 36.4 Å². The smallest absolute Gasteiger partial charge is 0.185 e. The van der Waals surface area contributed by atoms with Gasteiger partial charge in [-0.05, 0) is 42.0 Å². The maximum Gasteiger partial charge on any atom is 0.185 e. The van der Waals surface area contributed by atoms with Gasteiger partial charge in [0.15, 0.2) is 5.78 Å². The summed E-state index contributed by atoms with van der Waals surface area (Å²) in [4.78, 5) is 13.4. The Hall–Kier alpha value is -2.98. The van der Waals surface area contributed by atoms with E-state index in [4.69, 9.17) is 4.74 Å². The summed E-state index contributed by atoms with van der Waals surface area (Å²) < 4.78 is 5.52. The van der Waals surface area contributed by atoms with Gasteiger partial charge in [-0.25, -0.2) is 0 Å². The molecule has 0 atom stereocenters. The average Bonchev–Trinajstić information content (AvgIpc) is 2.71. The van der Waals surface area contributed by atoms with Crippen LogP contribution in [0, 0.1) is 0 Å². The Kier molecular flexibility index (Phi) is 6.34. The first-order valence-electron chi connectivity index (χ1n) is 8.52. The minimum atomic E-state index is -0.159. The molecule has 0 fully saturated rings. The lowest BCUT2D eigenvalue weighted by Crippen LogP contribution is -1.94. The van der Waals surface area contributed by atoms with Crippen LogP contribution in [0.25, 0.3) is 6.08 Å². The van der Waals surface area contributed by atoms with E-state index in [9.17, 15) is 9.90 Å². The van der Waals surface area contributed by atoms with Crippen LogP contribution in [0.1, 0.15) is 21.5 Å². The van der Waals surface area contributed by atoms with E-state index in [-0.39, 0.29) is 11.5 Å². The van der Waals surface area contributed by atoms with Crippen LogP contribution in [0.4, 0.5) is 0 Å². The van der Waals surface area contributed by atoms with Gasteiger partial charge in [-0.2, -0.15) is 0 Å². The second-order valence-electron chi connectivity index (χ2n) is 5.92. The van der Waals surface area contributed by atoms with Crippen molar-refractivity contribution in [3.63, 3.8) is 0 Å². The molecule has 3 rings (SSSR count). The summed E-state index contributed by atoms with van der Waals surface area (Å²) in [5.74, 6) is 1.52. The van der Waals surface area contributed by atoms with Crippen molar-refractivity contribution in [3.8, 4) is 11.5 Å². The zero-order valence-corrected chi connectivity index (χ0v) is 15.8. The largest absolute Gasteiger partial charge is 0.508 e. The number of ketones is 1. The zero-order valence-electron chi connectivity index (χ0n) is 15.0. The summed E-state index contributed by atoms with van der Waals surface area (Å²) in [5.41, 5.74) is 2.44. The topological polar surface area (TPSA) is 46.5 Å². The van der Waals surface area contributed by atoms with Crippen LogP contribution in [-0.4, -0.2) is 18.0 Å². The van der Waals surface area contributed by atoms with Crippen LogP contribution in [-0.2, 0) is 5.75 Å². The minimum absolute atomic E-state index is 0.0798. The third-order valence-electron chi connectivity index (χ3n) is 4.01. The van der Waals surface area contributed by atoms with E-state index in [0.717, 1.165) is 22.6 Å². The molecule has 0 aliphatic heterocycles. The SMILES string of the molecule is COc1cc(/C=C/C(=O)c2cccc(O)c2)ccc1CSc1ccccc1. The highest BCUT2D eigenvalue weighted by molar-refractivity contribution is 7.98. The Labute approximate surface area is 163 Å². The van der Waals surface area contributed by atoms with Crippen LogP contribution < -0.4 is 4.74 Å². The van der Waals surface area contributed by atoms with Gasteiger partial charge in [-0.15, -0.1) is 11.8 Å². The van der Waals surface area contributed by atoms with Crippen LogP contribution in [0.2, 0.25) is 0 Å². The van der Waals surface area contributed by atoms with Crippen LogP contribution in [0.5, 0.6) is 11.5 Å². The van der Waals surface area contributed by atoms with E-state index >= 15 is 0 Å². The highest BCUT2D eigenvalue weighted by atomic mass is 32.2. The molecule has 0 radical (unpaired) electrons. The monoisotopic (exact) mass is 376 g/mol. The number of phenolic OH excluding ortho intramolecular Hbond substituents is 1. The summed E-state index contributed by atoms with van der Waals surface area (Å²) in [6.45, 7) is 0. The van der Waals surface area contributed by atoms with E-state index in [2.05, 4.69) is 12.1 Å². The maximum absolute atomic E-state index is 12.2. The second-order valence-corrected chi connectivity index (χ2v) is 6.97. The number of ether oxygens (including phenoxy) is 1. The Morgan fingerprint density at radius 1 is 1.04 bits per heavy atom. The normalized spacial score (nSPS) is 10.9. The van der Waals surface area contributed by atoms with Gasteiger partial charge < -0.3 is 9.84 Å². The molecule has 1 N–H and O–H groups in total. The summed E-state index contributed by atoms with van der Waals surface area (Å²) in [6, 6.07) is 22.5. The van der Waals surface area contributed by atoms with Crippen molar-refractivity contribution < 1.29 is 14.6 Å². The Morgan fingerprint density at radius 2 is 1.85 bits per heavy atom. The van der Waals surface area contributed by atoms with Crippen molar-refractivity contribution >= 4 is 23.6 Å². The van der Waals surface area contributed by atoms with Crippen LogP contribution in [0.15, 0.2) is 83.8 Å². The predicted molar refractivity (Wildman–Crippen MR) is 110 cm³/mol. The first-order chi connectivity index (χ1) is 13.2. The molecule has 3 nitrogen and oxygen atoms in total. The molecule has 0 amide bonds. The molecule has 27 heavy (non-hydrogen) atoms. The van der Waals surface area contributed by atoms with E-state index in [1.165, 1.54) is 23.1 Å². The highest BCUT2D eigenvalue weighted by Crippen LogP contribution is 2.29. The summed E-state index contributed by atoms with van der Waals surface area (Å²) in [7, 11) is 1.65. The zero-order chi connectivity index (χ0) is 19.1. The molecule has 0 unspecified atom stereocenters. The molecule has 3 aromatic rings. The van der Waals surface area contributed by atoms with E-state index in [0.29, 0.717) is 5.56 Å². The Balaban J connectivity index is 1.70. The Morgan fingerprint density at radius 3 is 2.59 bits per heavy atom. The van der Waals surface area contributed by atoms with Gasteiger partial charge in [0.05, 0.1) is 7.11 Å². The molecule has 0 aliphatic rings. The number of aromatic hydroxyl groups is 1. The van der Waals surface area contributed by atoms with Gasteiger partial charge in [0.2, 0.25) is 0 Å². The molecule has 0 heterocycles. The average molecular weight is 376 g/mol. The van der Waals surface area contributed by atoms with Crippen LogP contribution in [0.3, 0.4) is 0 Å². The fourth-order valence-electron chi connectivity index (χ4n) is 2.59. The number of phenols is 1. The van der Waals surface area contributed by atoms with E-state index in [1.54, 1.807) is 37.1 Å². The van der Waals surface area contributed by atoms with Gasteiger partial charge in [0.1, 0.15) is 11.5 Å². The molecule has 4 heteroatoms. The van der Waals surface area contributed by atoms with Gasteiger partial charge in [-0.3, -0.25) is 4.79 Å². The predicted octanol–water partition coefficient (Wildman–Crippen LogP) is 5.59. The number of benzene rings is 3. The number of carbonyl (C=O) groups is 1.